The molecule has 0 aliphatic heterocycles. The third-order valence-electron chi connectivity index (χ3n) is 4.50. The van der Waals surface area contributed by atoms with E-state index in [0.29, 0.717) is 46.0 Å². The summed E-state index contributed by atoms with van der Waals surface area (Å²) in [5, 5.41) is 13.3. The van der Waals surface area contributed by atoms with Gasteiger partial charge in [-0.1, -0.05) is 53.0 Å². The number of amides is 1. The summed E-state index contributed by atoms with van der Waals surface area (Å²) in [6.45, 7) is 2.61. The molecule has 3 rings (SSSR count). The standard InChI is InChI=1S/C25H18Cl3IN2O3/c1-2-33-22-12-16(11-20(29)24(22)34-14-15-6-8-18(26)9-7-15)10-17(13-30)25(32)31-21-5-3-4-19(27)23(21)28/h3-12H,2,14H2,1H3,(H,31,32)/b17-10-. The van der Waals surface area contributed by atoms with Crippen LogP contribution in [0.1, 0.15) is 18.1 Å². The molecule has 0 atom stereocenters. The van der Waals surface area contributed by atoms with Gasteiger partial charge in [0.05, 0.1) is 25.9 Å². The molecule has 1 N–H and O–H groups in total. The number of carbonyl (C=O) groups excluding carboxylic acids is 1. The lowest BCUT2D eigenvalue weighted by Gasteiger charge is -2.15. The maximum atomic E-state index is 12.7. The van der Waals surface area contributed by atoms with Crippen LogP contribution in [0.15, 0.2) is 60.2 Å². The minimum atomic E-state index is -0.609. The topological polar surface area (TPSA) is 71.3 Å². The van der Waals surface area contributed by atoms with Gasteiger partial charge in [0, 0.05) is 5.02 Å². The van der Waals surface area contributed by atoms with Gasteiger partial charge in [0.25, 0.3) is 5.91 Å². The molecule has 0 heterocycles. The van der Waals surface area contributed by atoms with Crippen LogP contribution in [0, 0.1) is 14.9 Å². The first-order valence-corrected chi connectivity index (χ1v) is 12.2. The number of anilines is 1. The molecule has 34 heavy (non-hydrogen) atoms. The zero-order valence-electron chi connectivity index (χ0n) is 17.9. The molecule has 3 aromatic carbocycles. The minimum absolute atomic E-state index is 0.107. The monoisotopic (exact) mass is 626 g/mol. The van der Waals surface area contributed by atoms with Crippen molar-refractivity contribution in [2.24, 2.45) is 0 Å². The van der Waals surface area contributed by atoms with Gasteiger partial charge in [0.15, 0.2) is 11.5 Å². The molecular weight excluding hydrogens is 610 g/mol. The molecular formula is C25H18Cl3IN2O3. The molecule has 0 aliphatic rings. The first kappa shape index (κ1) is 26.2. The van der Waals surface area contributed by atoms with E-state index in [2.05, 4.69) is 27.9 Å². The number of hydrogen-bond donors (Lipinski definition) is 1. The fraction of sp³-hybridized carbons (Fsp3) is 0.120. The summed E-state index contributed by atoms with van der Waals surface area (Å²) in [4.78, 5) is 12.7. The Balaban J connectivity index is 1.86. The lowest BCUT2D eigenvalue weighted by molar-refractivity contribution is -0.112. The molecule has 0 aliphatic carbocycles. The average molecular weight is 628 g/mol. The highest BCUT2D eigenvalue weighted by atomic mass is 127. The van der Waals surface area contributed by atoms with Gasteiger partial charge in [-0.2, -0.15) is 5.26 Å². The van der Waals surface area contributed by atoms with Crippen LogP contribution in [0.2, 0.25) is 15.1 Å². The van der Waals surface area contributed by atoms with E-state index in [-0.39, 0.29) is 10.6 Å². The number of carbonyl (C=O) groups is 1. The van der Waals surface area contributed by atoms with Gasteiger partial charge in [0.1, 0.15) is 18.2 Å². The summed E-state index contributed by atoms with van der Waals surface area (Å²) in [5.74, 6) is 0.469. The number of rotatable bonds is 8. The summed E-state index contributed by atoms with van der Waals surface area (Å²) in [7, 11) is 0. The van der Waals surface area contributed by atoms with E-state index < -0.39 is 5.91 Å². The average Bonchev–Trinajstić information content (AvgIpc) is 2.81. The molecule has 0 saturated heterocycles. The number of halogens is 4. The van der Waals surface area contributed by atoms with Gasteiger partial charge in [-0.3, -0.25) is 4.79 Å². The molecule has 1 amide bonds. The Morgan fingerprint density at radius 2 is 1.85 bits per heavy atom. The van der Waals surface area contributed by atoms with Crippen LogP contribution in [-0.2, 0) is 11.4 Å². The van der Waals surface area contributed by atoms with Crippen molar-refractivity contribution in [1.29, 1.82) is 5.26 Å². The zero-order valence-corrected chi connectivity index (χ0v) is 22.3. The van der Waals surface area contributed by atoms with Crippen LogP contribution in [0.4, 0.5) is 5.69 Å². The smallest absolute Gasteiger partial charge is 0.266 e. The predicted molar refractivity (Wildman–Crippen MR) is 145 cm³/mol. The van der Waals surface area contributed by atoms with E-state index in [0.717, 1.165) is 9.13 Å². The van der Waals surface area contributed by atoms with Crippen LogP contribution in [0.3, 0.4) is 0 Å². The van der Waals surface area contributed by atoms with Crippen molar-refractivity contribution in [3.63, 3.8) is 0 Å². The van der Waals surface area contributed by atoms with Crippen molar-refractivity contribution in [2.45, 2.75) is 13.5 Å². The number of hydrogen-bond acceptors (Lipinski definition) is 4. The van der Waals surface area contributed by atoms with E-state index >= 15 is 0 Å². The zero-order chi connectivity index (χ0) is 24.7. The summed E-state index contributed by atoms with van der Waals surface area (Å²) in [6.07, 6.45) is 1.47. The van der Waals surface area contributed by atoms with Crippen LogP contribution >= 0.6 is 57.4 Å². The largest absolute Gasteiger partial charge is 0.490 e. The molecule has 0 spiro atoms. The van der Waals surface area contributed by atoms with Gasteiger partial charge in [0.2, 0.25) is 0 Å². The molecule has 5 nitrogen and oxygen atoms in total. The van der Waals surface area contributed by atoms with E-state index in [1.165, 1.54) is 6.08 Å². The number of nitriles is 1. The lowest BCUT2D eigenvalue weighted by Crippen LogP contribution is -2.13. The Hall–Kier alpha value is -2.44. The van der Waals surface area contributed by atoms with Crippen LogP contribution < -0.4 is 14.8 Å². The van der Waals surface area contributed by atoms with Crippen molar-refractivity contribution < 1.29 is 14.3 Å². The first-order chi connectivity index (χ1) is 16.3. The van der Waals surface area contributed by atoms with E-state index in [1.807, 2.05) is 25.1 Å². The van der Waals surface area contributed by atoms with Crippen molar-refractivity contribution in [2.75, 3.05) is 11.9 Å². The maximum absolute atomic E-state index is 12.7. The lowest BCUT2D eigenvalue weighted by atomic mass is 10.1. The van der Waals surface area contributed by atoms with Gasteiger partial charge < -0.3 is 14.8 Å². The second-order valence-electron chi connectivity index (χ2n) is 6.90. The molecule has 0 bridgehead atoms. The molecule has 0 radical (unpaired) electrons. The number of nitrogens with one attached hydrogen (secondary N) is 1. The van der Waals surface area contributed by atoms with Crippen molar-refractivity contribution in [3.05, 3.63) is 89.9 Å². The van der Waals surface area contributed by atoms with Crippen LogP contribution in [0.5, 0.6) is 11.5 Å². The fourth-order valence-corrected chi connectivity index (χ4v) is 4.17. The van der Waals surface area contributed by atoms with Gasteiger partial charge in [-0.25, -0.2) is 0 Å². The third-order valence-corrected chi connectivity index (χ3v) is 6.38. The Bertz CT molecular complexity index is 1270. The number of nitrogens with zero attached hydrogens (tertiary/aromatic N) is 1. The molecule has 174 valence electrons. The Kier molecular flexibility index (Phi) is 9.48. The molecule has 0 fully saturated rings. The van der Waals surface area contributed by atoms with E-state index in [4.69, 9.17) is 44.3 Å². The van der Waals surface area contributed by atoms with Crippen molar-refractivity contribution >= 4 is 75.1 Å². The summed E-state index contributed by atoms with van der Waals surface area (Å²) in [5.41, 5.74) is 1.77. The van der Waals surface area contributed by atoms with E-state index in [9.17, 15) is 10.1 Å². The fourth-order valence-electron chi connectivity index (χ4n) is 2.92. The van der Waals surface area contributed by atoms with Gasteiger partial charge >= 0.3 is 0 Å². The van der Waals surface area contributed by atoms with Crippen LogP contribution in [-0.4, -0.2) is 12.5 Å². The molecule has 9 heteroatoms. The van der Waals surface area contributed by atoms with Gasteiger partial charge in [-0.15, -0.1) is 0 Å². The molecule has 0 aromatic heterocycles. The highest BCUT2D eigenvalue weighted by molar-refractivity contribution is 14.1. The quantitative estimate of drug-likeness (QED) is 0.157. The highest BCUT2D eigenvalue weighted by Gasteiger charge is 2.16. The number of benzene rings is 3. The van der Waals surface area contributed by atoms with Crippen molar-refractivity contribution in [3.8, 4) is 17.6 Å². The normalized spacial score (nSPS) is 11.0. The second-order valence-corrected chi connectivity index (χ2v) is 9.29. The van der Waals surface area contributed by atoms with Gasteiger partial charge in [-0.05, 0) is 83.1 Å². The first-order valence-electron chi connectivity index (χ1n) is 10.0. The maximum Gasteiger partial charge on any atom is 0.266 e. The number of ether oxygens (including phenoxy) is 2. The molecule has 3 aromatic rings. The third kappa shape index (κ3) is 6.80. The summed E-state index contributed by atoms with van der Waals surface area (Å²) < 4.78 is 12.5. The predicted octanol–water partition coefficient (Wildman–Crippen LogP) is 7.77. The van der Waals surface area contributed by atoms with Crippen molar-refractivity contribution in [1.82, 2.24) is 0 Å². The molecule has 0 unspecified atom stereocenters. The highest BCUT2D eigenvalue weighted by Crippen LogP contribution is 2.36. The van der Waals surface area contributed by atoms with E-state index in [1.54, 1.807) is 42.5 Å². The molecule has 0 saturated carbocycles. The second kappa shape index (κ2) is 12.3. The summed E-state index contributed by atoms with van der Waals surface area (Å²) >= 11 is 20.2. The summed E-state index contributed by atoms with van der Waals surface area (Å²) in [6, 6.07) is 17.7. The Morgan fingerprint density at radius 1 is 1.12 bits per heavy atom. The Morgan fingerprint density at radius 3 is 2.53 bits per heavy atom. The van der Waals surface area contributed by atoms with Crippen LogP contribution in [0.25, 0.3) is 6.08 Å². The Labute approximate surface area is 226 Å². The minimum Gasteiger partial charge on any atom is -0.490 e. The SMILES string of the molecule is CCOc1cc(/C=C(/C#N)C(=O)Nc2cccc(Cl)c2Cl)cc(I)c1OCc1ccc(Cl)cc1.